The molecule has 2 amide bonds. The van der Waals surface area contributed by atoms with Crippen molar-refractivity contribution in [1.82, 2.24) is 5.48 Å². The van der Waals surface area contributed by atoms with Crippen molar-refractivity contribution >= 4 is 46.1 Å². The molecular weight excluding hydrogens is 543 g/mol. The number of rotatable bonds is 10. The summed E-state index contributed by atoms with van der Waals surface area (Å²) in [6.45, 7) is 1.45. The number of methoxy groups -OCH3 is 1. The molecule has 4 N–H and O–H groups in total. The first kappa shape index (κ1) is 26.3. The molecule has 0 aliphatic rings. The van der Waals surface area contributed by atoms with E-state index in [1.54, 1.807) is 42.5 Å². The molecule has 0 fully saturated rings. The molecule has 0 saturated carbocycles. The van der Waals surface area contributed by atoms with Crippen LogP contribution in [0.3, 0.4) is 0 Å². The number of amides is 2. The van der Waals surface area contributed by atoms with Crippen molar-refractivity contribution in [3.05, 3.63) is 69.3 Å². The lowest BCUT2D eigenvalue weighted by molar-refractivity contribution is -0.124. The second-order valence-electron chi connectivity index (χ2n) is 7.02. The maximum atomic E-state index is 12.7. The SMILES string of the molecule is CO[C@@H](CC/C=C/C(=O)NO)[C@@H](OC(=O)Nc1ccc(C(C)=O)cc1)c1cc(I)ccc1O. The fourth-order valence-electron chi connectivity index (χ4n) is 3.02. The van der Waals surface area contributed by atoms with Crippen LogP contribution in [0.4, 0.5) is 10.5 Å². The van der Waals surface area contributed by atoms with Gasteiger partial charge in [-0.1, -0.05) is 6.08 Å². The normalized spacial score (nSPS) is 12.7. The first-order chi connectivity index (χ1) is 15.7. The van der Waals surface area contributed by atoms with Gasteiger partial charge in [0.05, 0.1) is 6.10 Å². The lowest BCUT2D eigenvalue weighted by atomic mass is 9.99. The molecule has 176 valence electrons. The first-order valence-corrected chi connectivity index (χ1v) is 11.0. The molecule has 33 heavy (non-hydrogen) atoms. The predicted octanol–water partition coefficient (Wildman–Crippen LogP) is 4.35. The molecule has 0 aromatic heterocycles. The van der Waals surface area contributed by atoms with Crippen molar-refractivity contribution in [3.8, 4) is 5.75 Å². The summed E-state index contributed by atoms with van der Waals surface area (Å²) >= 11 is 2.08. The molecule has 0 aliphatic carbocycles. The van der Waals surface area contributed by atoms with Crippen molar-refractivity contribution < 1.29 is 34.2 Å². The van der Waals surface area contributed by atoms with E-state index in [-0.39, 0.29) is 11.5 Å². The number of hydrogen-bond acceptors (Lipinski definition) is 7. The van der Waals surface area contributed by atoms with Crippen LogP contribution in [0.2, 0.25) is 0 Å². The highest BCUT2D eigenvalue weighted by molar-refractivity contribution is 14.1. The average molecular weight is 568 g/mol. The van der Waals surface area contributed by atoms with E-state index in [4.69, 9.17) is 14.7 Å². The van der Waals surface area contributed by atoms with Gasteiger partial charge in [0.25, 0.3) is 5.91 Å². The van der Waals surface area contributed by atoms with E-state index in [0.717, 1.165) is 3.57 Å². The summed E-state index contributed by atoms with van der Waals surface area (Å²) in [7, 11) is 1.45. The summed E-state index contributed by atoms with van der Waals surface area (Å²) < 4.78 is 12.0. The number of phenolic OH excluding ortho intramolecular Hbond substituents is 1. The maximum Gasteiger partial charge on any atom is 0.412 e. The maximum absolute atomic E-state index is 12.7. The van der Waals surface area contributed by atoms with Crippen LogP contribution in [0, 0.1) is 3.57 Å². The molecule has 0 spiro atoms. The topological polar surface area (TPSA) is 134 Å². The van der Waals surface area contributed by atoms with E-state index >= 15 is 0 Å². The Bertz CT molecular complexity index is 1010. The number of ketones is 1. The van der Waals surface area contributed by atoms with Gasteiger partial charge in [-0.2, -0.15) is 0 Å². The van der Waals surface area contributed by atoms with Crippen LogP contribution < -0.4 is 10.8 Å². The number of halogens is 1. The lowest BCUT2D eigenvalue weighted by Gasteiger charge is -2.27. The van der Waals surface area contributed by atoms with Crippen LogP contribution in [-0.4, -0.2) is 41.3 Å². The number of phenols is 1. The van der Waals surface area contributed by atoms with Crippen LogP contribution in [0.1, 0.15) is 41.8 Å². The average Bonchev–Trinajstić information content (AvgIpc) is 2.79. The highest BCUT2D eigenvalue weighted by atomic mass is 127. The van der Waals surface area contributed by atoms with E-state index in [1.165, 1.54) is 31.7 Å². The van der Waals surface area contributed by atoms with Crippen molar-refractivity contribution in [2.24, 2.45) is 0 Å². The third-order valence-electron chi connectivity index (χ3n) is 4.71. The summed E-state index contributed by atoms with van der Waals surface area (Å²) in [6.07, 6.45) is 1.06. The summed E-state index contributed by atoms with van der Waals surface area (Å²) in [6, 6.07) is 11.3. The minimum Gasteiger partial charge on any atom is -0.508 e. The van der Waals surface area contributed by atoms with Gasteiger partial charge in [-0.15, -0.1) is 0 Å². The molecule has 2 rings (SSSR count). The van der Waals surface area contributed by atoms with Crippen LogP contribution in [0.25, 0.3) is 0 Å². The number of anilines is 1. The van der Waals surface area contributed by atoms with Gasteiger partial charge >= 0.3 is 6.09 Å². The molecule has 0 unspecified atom stereocenters. The van der Waals surface area contributed by atoms with Gasteiger partial charge in [0.1, 0.15) is 5.75 Å². The quantitative estimate of drug-likeness (QED) is 0.110. The third-order valence-corrected chi connectivity index (χ3v) is 5.38. The van der Waals surface area contributed by atoms with Gasteiger partial charge in [-0.25, -0.2) is 10.3 Å². The summed E-state index contributed by atoms with van der Waals surface area (Å²) in [5.41, 5.74) is 2.81. The minimum absolute atomic E-state index is 0.0590. The summed E-state index contributed by atoms with van der Waals surface area (Å²) in [5.74, 6) is -0.815. The minimum atomic E-state index is -0.957. The van der Waals surface area contributed by atoms with Crippen molar-refractivity contribution in [2.45, 2.75) is 32.0 Å². The van der Waals surface area contributed by atoms with Crippen LogP contribution in [0.15, 0.2) is 54.6 Å². The Morgan fingerprint density at radius 2 is 1.85 bits per heavy atom. The standard InChI is InChI=1S/C23H25IN2O7/c1-14(27)15-7-10-17(11-8-15)25-23(30)33-22(18-13-16(24)9-12-19(18)28)20(32-2)5-3-4-6-21(29)26-31/h4,6-13,20,22,28,31H,3,5H2,1-2H3,(H,25,30)(H,26,29)/b6-4+/t20-,22-/m0/s1. The van der Waals surface area contributed by atoms with Crippen molar-refractivity contribution in [3.63, 3.8) is 0 Å². The number of Topliss-reactive ketones (excluding diaryl/α,β-unsaturated/α-hetero) is 1. The van der Waals surface area contributed by atoms with Gasteiger partial charge < -0.3 is 14.6 Å². The summed E-state index contributed by atoms with van der Waals surface area (Å²) in [5, 5.41) is 21.6. The Morgan fingerprint density at radius 1 is 1.15 bits per heavy atom. The van der Waals surface area contributed by atoms with Crippen molar-refractivity contribution in [1.29, 1.82) is 0 Å². The number of aromatic hydroxyl groups is 1. The largest absolute Gasteiger partial charge is 0.508 e. The molecule has 2 atom stereocenters. The van der Waals surface area contributed by atoms with Gasteiger partial charge in [-0.3, -0.25) is 20.1 Å². The number of carbonyl (C=O) groups excluding carboxylic acids is 3. The fraction of sp³-hybridized carbons (Fsp3) is 0.261. The van der Waals surface area contributed by atoms with E-state index in [9.17, 15) is 19.5 Å². The monoisotopic (exact) mass is 568 g/mol. The molecule has 0 radical (unpaired) electrons. The number of benzene rings is 2. The van der Waals surface area contributed by atoms with E-state index in [0.29, 0.717) is 29.7 Å². The van der Waals surface area contributed by atoms with Gasteiger partial charge in [0, 0.05) is 33.6 Å². The Kier molecular flexibility index (Phi) is 10.3. The predicted molar refractivity (Wildman–Crippen MR) is 129 cm³/mol. The molecule has 9 nitrogen and oxygen atoms in total. The zero-order chi connectivity index (χ0) is 24.4. The van der Waals surface area contributed by atoms with E-state index in [1.807, 2.05) is 0 Å². The molecule has 2 aromatic carbocycles. The van der Waals surface area contributed by atoms with Crippen LogP contribution in [0.5, 0.6) is 5.75 Å². The number of ether oxygens (including phenoxy) is 2. The van der Waals surface area contributed by atoms with Crippen molar-refractivity contribution in [2.75, 3.05) is 12.4 Å². The van der Waals surface area contributed by atoms with Crippen LogP contribution >= 0.6 is 22.6 Å². The Hall–Kier alpha value is -2.96. The van der Waals surface area contributed by atoms with Gasteiger partial charge in [0.15, 0.2) is 11.9 Å². The zero-order valence-electron chi connectivity index (χ0n) is 18.1. The second kappa shape index (κ2) is 12.9. The molecular formula is C23H25IN2O7. The van der Waals surface area contributed by atoms with E-state index in [2.05, 4.69) is 27.9 Å². The lowest BCUT2D eigenvalue weighted by Crippen LogP contribution is -2.28. The molecule has 0 heterocycles. The number of carbonyl (C=O) groups is 3. The van der Waals surface area contributed by atoms with Gasteiger partial charge in [0.2, 0.25) is 0 Å². The Balaban J connectivity index is 2.21. The fourth-order valence-corrected chi connectivity index (χ4v) is 3.54. The number of nitrogens with one attached hydrogen (secondary N) is 2. The Morgan fingerprint density at radius 3 is 2.45 bits per heavy atom. The number of hydrogen-bond donors (Lipinski definition) is 4. The second-order valence-corrected chi connectivity index (χ2v) is 8.26. The Labute approximate surface area is 204 Å². The molecule has 10 heteroatoms. The molecule has 2 aromatic rings. The smallest absolute Gasteiger partial charge is 0.412 e. The highest BCUT2D eigenvalue weighted by Crippen LogP contribution is 2.34. The number of hydroxylamine groups is 1. The van der Waals surface area contributed by atoms with E-state index < -0.39 is 24.2 Å². The van der Waals surface area contributed by atoms with Gasteiger partial charge in [-0.05, 0) is 84.8 Å². The molecule has 0 saturated heterocycles. The summed E-state index contributed by atoms with van der Waals surface area (Å²) in [4.78, 5) is 35.2. The van der Waals surface area contributed by atoms with Crippen LogP contribution in [-0.2, 0) is 14.3 Å². The molecule has 0 aliphatic heterocycles. The zero-order valence-corrected chi connectivity index (χ0v) is 20.2. The number of allylic oxidation sites excluding steroid dienone is 1. The third kappa shape index (κ3) is 8.15. The molecule has 0 bridgehead atoms. The first-order valence-electron chi connectivity index (χ1n) is 9.95. The highest BCUT2D eigenvalue weighted by Gasteiger charge is 2.29.